The molecule has 0 aliphatic heterocycles. The summed E-state index contributed by atoms with van der Waals surface area (Å²) < 4.78 is 38.8. The number of likely N-dealkylation sites (N-methyl/N-ethyl adjacent to an activating group) is 1. The Hall–Kier alpha value is -1.38. The standard InChI is InChI=1S/C15H12Cl3FN2O3S/c1-21(25(23,24)13-6-5-9(19)7-12(13)18)8-14(22)20-15-10(16)3-2-4-11(15)17/h2-7H,8H2,1H3,(H,20,22). The molecule has 0 bridgehead atoms. The van der Waals surface area contributed by atoms with Gasteiger partial charge in [0.1, 0.15) is 10.7 Å². The van der Waals surface area contributed by atoms with Crippen LogP contribution in [0.5, 0.6) is 0 Å². The van der Waals surface area contributed by atoms with E-state index in [1.165, 1.54) is 19.2 Å². The van der Waals surface area contributed by atoms with E-state index in [1.54, 1.807) is 6.07 Å². The Balaban J connectivity index is 2.18. The summed E-state index contributed by atoms with van der Waals surface area (Å²) in [6.45, 7) is -0.516. The summed E-state index contributed by atoms with van der Waals surface area (Å²) in [5.41, 5.74) is 0.182. The summed E-state index contributed by atoms with van der Waals surface area (Å²) >= 11 is 17.7. The molecule has 0 unspecified atom stereocenters. The molecule has 0 saturated carbocycles. The van der Waals surface area contributed by atoms with Gasteiger partial charge in [0, 0.05) is 7.05 Å². The largest absolute Gasteiger partial charge is 0.322 e. The lowest BCUT2D eigenvalue weighted by molar-refractivity contribution is -0.116. The van der Waals surface area contributed by atoms with Gasteiger partial charge in [0.25, 0.3) is 0 Å². The predicted molar refractivity (Wildman–Crippen MR) is 96.3 cm³/mol. The Kier molecular flexibility index (Phi) is 6.29. The highest BCUT2D eigenvalue weighted by atomic mass is 35.5. The fourth-order valence-corrected chi connectivity index (χ4v) is 4.06. The molecule has 0 radical (unpaired) electrons. The molecule has 2 aromatic carbocycles. The van der Waals surface area contributed by atoms with E-state index in [1.807, 2.05) is 0 Å². The van der Waals surface area contributed by atoms with E-state index in [0.29, 0.717) is 0 Å². The predicted octanol–water partition coefficient (Wildman–Crippen LogP) is 4.05. The van der Waals surface area contributed by atoms with Crippen LogP contribution in [0, 0.1) is 5.82 Å². The smallest absolute Gasteiger partial charge is 0.244 e. The minimum atomic E-state index is -4.09. The van der Waals surface area contributed by atoms with Crippen LogP contribution < -0.4 is 5.32 Å². The Morgan fingerprint density at radius 3 is 2.28 bits per heavy atom. The van der Waals surface area contributed by atoms with Crippen molar-refractivity contribution in [1.29, 1.82) is 0 Å². The molecule has 0 aromatic heterocycles. The molecule has 2 aromatic rings. The zero-order chi connectivity index (χ0) is 18.8. The van der Waals surface area contributed by atoms with Gasteiger partial charge in [0.05, 0.1) is 27.3 Å². The number of halogens is 4. The molecule has 134 valence electrons. The van der Waals surface area contributed by atoms with Gasteiger partial charge in [0.2, 0.25) is 15.9 Å². The first kappa shape index (κ1) is 19.9. The fourth-order valence-electron chi connectivity index (χ4n) is 1.94. The highest BCUT2D eigenvalue weighted by Gasteiger charge is 2.26. The van der Waals surface area contributed by atoms with Crippen molar-refractivity contribution in [2.24, 2.45) is 0 Å². The topological polar surface area (TPSA) is 66.5 Å². The molecule has 1 amide bonds. The van der Waals surface area contributed by atoms with Gasteiger partial charge < -0.3 is 5.32 Å². The lowest BCUT2D eigenvalue weighted by Gasteiger charge is -2.18. The SMILES string of the molecule is CN(CC(=O)Nc1c(Cl)cccc1Cl)S(=O)(=O)c1ccc(F)cc1Cl. The van der Waals surface area contributed by atoms with Crippen molar-refractivity contribution < 1.29 is 17.6 Å². The van der Waals surface area contributed by atoms with E-state index < -0.39 is 28.3 Å². The monoisotopic (exact) mass is 424 g/mol. The number of nitrogens with one attached hydrogen (secondary N) is 1. The van der Waals surface area contributed by atoms with Crippen LogP contribution in [0.15, 0.2) is 41.3 Å². The van der Waals surface area contributed by atoms with Gasteiger partial charge in [-0.3, -0.25) is 4.79 Å². The lowest BCUT2D eigenvalue weighted by atomic mass is 10.3. The van der Waals surface area contributed by atoms with Crippen LogP contribution in [0.1, 0.15) is 0 Å². The van der Waals surface area contributed by atoms with Crippen molar-refractivity contribution in [3.8, 4) is 0 Å². The second kappa shape index (κ2) is 7.88. The number of nitrogens with zero attached hydrogens (tertiary/aromatic N) is 1. The normalized spacial score (nSPS) is 11.6. The maximum absolute atomic E-state index is 13.1. The Labute approximate surface area is 159 Å². The molecule has 5 nitrogen and oxygen atoms in total. The van der Waals surface area contributed by atoms with Gasteiger partial charge in [-0.15, -0.1) is 0 Å². The van der Waals surface area contributed by atoms with Crippen molar-refractivity contribution in [1.82, 2.24) is 4.31 Å². The third-order valence-electron chi connectivity index (χ3n) is 3.18. The van der Waals surface area contributed by atoms with Crippen LogP contribution in [0.3, 0.4) is 0 Å². The quantitative estimate of drug-likeness (QED) is 0.786. The minimum absolute atomic E-state index is 0.182. The van der Waals surface area contributed by atoms with Crippen molar-refractivity contribution in [3.05, 3.63) is 57.3 Å². The molecule has 1 N–H and O–H groups in total. The summed E-state index contributed by atoms with van der Waals surface area (Å²) in [5, 5.41) is 2.61. The zero-order valence-corrected chi connectivity index (χ0v) is 15.8. The van der Waals surface area contributed by atoms with E-state index in [9.17, 15) is 17.6 Å². The number of benzene rings is 2. The molecule has 0 spiro atoms. The average Bonchev–Trinajstić information content (AvgIpc) is 2.50. The molecule has 0 atom stereocenters. The number of carbonyl (C=O) groups excluding carboxylic acids is 1. The molecule has 0 aliphatic rings. The van der Waals surface area contributed by atoms with Crippen LogP contribution in [0.4, 0.5) is 10.1 Å². The number of anilines is 1. The van der Waals surface area contributed by atoms with Crippen molar-refractivity contribution in [2.45, 2.75) is 4.90 Å². The number of hydrogen-bond donors (Lipinski definition) is 1. The highest BCUT2D eigenvalue weighted by Crippen LogP contribution is 2.30. The van der Waals surface area contributed by atoms with Gasteiger partial charge in [-0.2, -0.15) is 4.31 Å². The van der Waals surface area contributed by atoms with Crippen molar-refractivity contribution >= 4 is 56.4 Å². The molecule has 25 heavy (non-hydrogen) atoms. The molecule has 0 saturated heterocycles. The third kappa shape index (κ3) is 4.62. The molecule has 0 fully saturated rings. The third-order valence-corrected chi connectivity index (χ3v) is 6.09. The summed E-state index contributed by atoms with van der Waals surface area (Å²) in [5.74, 6) is -1.32. The molecule has 0 heterocycles. The number of sulfonamides is 1. The van der Waals surface area contributed by atoms with Crippen LogP contribution in [0.25, 0.3) is 0 Å². The van der Waals surface area contributed by atoms with E-state index in [-0.39, 0.29) is 25.7 Å². The number of hydrogen-bond acceptors (Lipinski definition) is 3. The molecule has 10 heteroatoms. The number of rotatable bonds is 5. The van der Waals surface area contributed by atoms with Crippen LogP contribution in [-0.2, 0) is 14.8 Å². The molecule has 2 rings (SSSR count). The van der Waals surface area contributed by atoms with Crippen LogP contribution in [-0.4, -0.2) is 32.2 Å². The van der Waals surface area contributed by atoms with Crippen LogP contribution >= 0.6 is 34.8 Å². The summed E-state index contributed by atoms with van der Waals surface area (Å²) in [6.07, 6.45) is 0. The van der Waals surface area contributed by atoms with Gasteiger partial charge in [-0.1, -0.05) is 40.9 Å². The van der Waals surface area contributed by atoms with E-state index in [2.05, 4.69) is 5.32 Å². The fraction of sp³-hybridized carbons (Fsp3) is 0.133. The lowest BCUT2D eigenvalue weighted by Crippen LogP contribution is -2.35. The summed E-state index contributed by atoms with van der Waals surface area (Å²) in [7, 11) is -2.89. The summed E-state index contributed by atoms with van der Waals surface area (Å²) in [4.78, 5) is 11.8. The maximum Gasteiger partial charge on any atom is 0.244 e. The zero-order valence-electron chi connectivity index (χ0n) is 12.8. The van der Waals surface area contributed by atoms with Crippen molar-refractivity contribution in [3.63, 3.8) is 0 Å². The summed E-state index contributed by atoms with van der Waals surface area (Å²) in [6, 6.07) is 7.55. The maximum atomic E-state index is 13.1. The Morgan fingerprint density at radius 2 is 1.72 bits per heavy atom. The van der Waals surface area contributed by atoms with Gasteiger partial charge in [-0.05, 0) is 30.3 Å². The van der Waals surface area contributed by atoms with E-state index >= 15 is 0 Å². The van der Waals surface area contributed by atoms with Gasteiger partial charge in [0.15, 0.2) is 0 Å². The van der Waals surface area contributed by atoms with E-state index in [0.717, 1.165) is 22.5 Å². The van der Waals surface area contributed by atoms with E-state index in [4.69, 9.17) is 34.8 Å². The molecular formula is C15H12Cl3FN2O3S. The number of carbonyl (C=O) groups is 1. The Morgan fingerprint density at radius 1 is 1.12 bits per heavy atom. The highest BCUT2D eigenvalue weighted by molar-refractivity contribution is 7.89. The minimum Gasteiger partial charge on any atom is -0.322 e. The number of amides is 1. The van der Waals surface area contributed by atoms with Crippen LogP contribution in [0.2, 0.25) is 15.1 Å². The molecule has 0 aliphatic carbocycles. The average molecular weight is 426 g/mol. The Bertz CT molecular complexity index is 902. The first-order valence-electron chi connectivity index (χ1n) is 6.78. The first-order valence-corrected chi connectivity index (χ1v) is 9.35. The molecular weight excluding hydrogens is 414 g/mol. The van der Waals surface area contributed by atoms with Gasteiger partial charge in [-0.25, -0.2) is 12.8 Å². The second-order valence-corrected chi connectivity index (χ2v) is 8.22. The second-order valence-electron chi connectivity index (χ2n) is 4.98. The first-order chi connectivity index (χ1) is 11.6. The van der Waals surface area contributed by atoms with Gasteiger partial charge >= 0.3 is 0 Å². The van der Waals surface area contributed by atoms with Crippen molar-refractivity contribution in [2.75, 3.05) is 18.9 Å². The number of para-hydroxylation sites is 1.